The molecule has 1 amide bonds. The fourth-order valence-corrected chi connectivity index (χ4v) is 4.05. The van der Waals surface area contributed by atoms with Crippen LogP contribution in [0.25, 0.3) is 10.8 Å². The predicted molar refractivity (Wildman–Crippen MR) is 119 cm³/mol. The number of rotatable bonds is 6. The van der Waals surface area contributed by atoms with Crippen molar-refractivity contribution in [3.8, 4) is 0 Å². The SMILES string of the molecule is CC(C)n1nc(C(=O)NCc2ccccc2CN2CCCC2)c2ccccc2c1=O. The van der Waals surface area contributed by atoms with E-state index in [1.165, 1.54) is 23.1 Å². The molecule has 6 heteroatoms. The van der Waals surface area contributed by atoms with Crippen molar-refractivity contribution in [3.05, 3.63) is 75.7 Å². The van der Waals surface area contributed by atoms with Crippen LogP contribution in [-0.2, 0) is 13.1 Å². The van der Waals surface area contributed by atoms with E-state index in [4.69, 9.17) is 0 Å². The van der Waals surface area contributed by atoms with Gasteiger partial charge >= 0.3 is 0 Å². The number of fused-ring (bicyclic) bond motifs is 1. The zero-order valence-electron chi connectivity index (χ0n) is 17.6. The van der Waals surface area contributed by atoms with Crippen LogP contribution in [0, 0.1) is 0 Å². The number of hydrogen-bond donors (Lipinski definition) is 1. The van der Waals surface area contributed by atoms with E-state index in [-0.39, 0.29) is 23.2 Å². The van der Waals surface area contributed by atoms with Gasteiger partial charge in [0, 0.05) is 18.5 Å². The van der Waals surface area contributed by atoms with E-state index in [1.807, 2.05) is 38.1 Å². The van der Waals surface area contributed by atoms with Gasteiger partial charge in [0.2, 0.25) is 0 Å². The second-order valence-corrected chi connectivity index (χ2v) is 8.17. The maximum atomic E-state index is 13.1. The van der Waals surface area contributed by atoms with Crippen molar-refractivity contribution in [2.24, 2.45) is 0 Å². The van der Waals surface area contributed by atoms with E-state index in [2.05, 4.69) is 27.4 Å². The Bertz CT molecular complexity index is 1110. The lowest BCUT2D eigenvalue weighted by Crippen LogP contribution is -2.31. The molecule has 1 aliphatic heterocycles. The number of nitrogens with zero attached hydrogens (tertiary/aromatic N) is 3. The quantitative estimate of drug-likeness (QED) is 0.683. The molecule has 2 aromatic carbocycles. The minimum atomic E-state index is -0.267. The average Bonchev–Trinajstić information content (AvgIpc) is 3.26. The maximum absolute atomic E-state index is 13.1. The van der Waals surface area contributed by atoms with Crippen LogP contribution in [0.1, 0.15) is 54.3 Å². The molecule has 0 unspecified atom stereocenters. The average molecular weight is 405 g/mol. The van der Waals surface area contributed by atoms with Crippen LogP contribution in [0.2, 0.25) is 0 Å². The van der Waals surface area contributed by atoms with Crippen molar-refractivity contribution in [3.63, 3.8) is 0 Å². The van der Waals surface area contributed by atoms with E-state index in [9.17, 15) is 9.59 Å². The van der Waals surface area contributed by atoms with Crippen molar-refractivity contribution in [1.82, 2.24) is 20.0 Å². The predicted octanol–water partition coefficient (Wildman–Crippen LogP) is 3.50. The summed E-state index contributed by atoms with van der Waals surface area (Å²) in [6, 6.07) is 15.3. The van der Waals surface area contributed by atoms with Gasteiger partial charge in [0.15, 0.2) is 5.69 Å². The number of carbonyl (C=O) groups excluding carboxylic acids is 1. The van der Waals surface area contributed by atoms with Crippen LogP contribution in [0.3, 0.4) is 0 Å². The Morgan fingerprint density at radius 2 is 1.63 bits per heavy atom. The largest absolute Gasteiger partial charge is 0.347 e. The highest BCUT2D eigenvalue weighted by Crippen LogP contribution is 2.18. The zero-order chi connectivity index (χ0) is 21.1. The zero-order valence-corrected chi connectivity index (χ0v) is 17.6. The van der Waals surface area contributed by atoms with Crippen molar-refractivity contribution >= 4 is 16.7 Å². The molecule has 1 aliphatic rings. The van der Waals surface area contributed by atoms with Gasteiger partial charge in [-0.05, 0) is 57.0 Å². The van der Waals surface area contributed by atoms with Gasteiger partial charge < -0.3 is 5.32 Å². The Morgan fingerprint density at radius 3 is 2.33 bits per heavy atom. The summed E-state index contributed by atoms with van der Waals surface area (Å²) in [6.45, 7) is 7.38. The van der Waals surface area contributed by atoms with Gasteiger partial charge in [-0.25, -0.2) is 4.68 Å². The topological polar surface area (TPSA) is 67.2 Å². The molecule has 1 aromatic heterocycles. The second-order valence-electron chi connectivity index (χ2n) is 8.17. The fraction of sp³-hybridized carbons (Fsp3) is 0.375. The van der Waals surface area contributed by atoms with E-state index < -0.39 is 0 Å². The van der Waals surface area contributed by atoms with Gasteiger partial charge in [-0.3, -0.25) is 14.5 Å². The molecule has 6 nitrogen and oxygen atoms in total. The third kappa shape index (κ3) is 4.14. The van der Waals surface area contributed by atoms with Crippen molar-refractivity contribution in [1.29, 1.82) is 0 Å². The smallest absolute Gasteiger partial charge is 0.274 e. The summed E-state index contributed by atoms with van der Waals surface area (Å²) in [4.78, 5) is 28.2. The van der Waals surface area contributed by atoms with E-state index in [1.54, 1.807) is 12.1 Å². The molecule has 0 saturated carbocycles. The summed E-state index contributed by atoms with van der Waals surface area (Å²) < 4.78 is 1.39. The molecule has 30 heavy (non-hydrogen) atoms. The minimum Gasteiger partial charge on any atom is -0.347 e. The molecule has 3 aromatic rings. The van der Waals surface area contributed by atoms with E-state index >= 15 is 0 Å². The number of benzene rings is 2. The van der Waals surface area contributed by atoms with Gasteiger partial charge in [0.1, 0.15) is 0 Å². The number of likely N-dealkylation sites (tertiary alicyclic amines) is 1. The van der Waals surface area contributed by atoms with Crippen LogP contribution >= 0.6 is 0 Å². The molecular weight excluding hydrogens is 376 g/mol. The Morgan fingerprint density at radius 1 is 1.00 bits per heavy atom. The lowest BCUT2D eigenvalue weighted by atomic mass is 10.1. The molecule has 2 heterocycles. The monoisotopic (exact) mass is 404 g/mol. The molecule has 0 atom stereocenters. The van der Waals surface area contributed by atoms with Crippen LogP contribution in [0.5, 0.6) is 0 Å². The maximum Gasteiger partial charge on any atom is 0.274 e. The number of nitrogens with one attached hydrogen (secondary N) is 1. The first-order valence-corrected chi connectivity index (χ1v) is 10.6. The summed E-state index contributed by atoms with van der Waals surface area (Å²) in [6.07, 6.45) is 2.51. The van der Waals surface area contributed by atoms with Crippen molar-refractivity contribution in [2.75, 3.05) is 13.1 Å². The lowest BCUT2D eigenvalue weighted by Gasteiger charge is -2.18. The Hall–Kier alpha value is -2.99. The Labute approximate surface area is 176 Å². The highest BCUT2D eigenvalue weighted by molar-refractivity contribution is 6.04. The van der Waals surface area contributed by atoms with Gasteiger partial charge in [0.25, 0.3) is 11.5 Å². The summed E-state index contributed by atoms with van der Waals surface area (Å²) >= 11 is 0. The Balaban J connectivity index is 1.59. The van der Waals surface area contributed by atoms with E-state index in [0.717, 1.165) is 25.2 Å². The fourth-order valence-electron chi connectivity index (χ4n) is 4.05. The van der Waals surface area contributed by atoms with E-state index in [0.29, 0.717) is 17.3 Å². The van der Waals surface area contributed by atoms with Gasteiger partial charge in [0.05, 0.1) is 11.4 Å². The first kappa shape index (κ1) is 20.3. The normalized spacial score (nSPS) is 14.5. The molecule has 0 bridgehead atoms. The summed E-state index contributed by atoms with van der Waals surface area (Å²) in [5, 5.41) is 8.52. The molecule has 156 valence electrons. The standard InChI is InChI=1S/C24H28N4O2/c1-17(2)28-24(30)21-12-6-5-11-20(21)22(26-28)23(29)25-15-18-9-3-4-10-19(18)16-27-13-7-8-14-27/h3-6,9-12,17H,7-8,13-16H2,1-2H3,(H,25,29). The molecule has 0 aliphatic carbocycles. The van der Waals surface area contributed by atoms with Crippen LogP contribution in [0.15, 0.2) is 53.3 Å². The molecule has 0 spiro atoms. The third-order valence-electron chi connectivity index (χ3n) is 5.68. The number of amides is 1. The van der Waals surface area contributed by atoms with Crippen LogP contribution in [-0.4, -0.2) is 33.7 Å². The first-order chi connectivity index (χ1) is 14.5. The summed E-state index contributed by atoms with van der Waals surface area (Å²) in [7, 11) is 0. The molecule has 1 saturated heterocycles. The van der Waals surface area contributed by atoms with Gasteiger partial charge in [-0.2, -0.15) is 5.10 Å². The molecule has 1 N–H and O–H groups in total. The molecular formula is C24H28N4O2. The molecule has 1 fully saturated rings. The summed E-state index contributed by atoms with van der Waals surface area (Å²) in [5.74, 6) is -0.267. The van der Waals surface area contributed by atoms with Crippen molar-refractivity contribution < 1.29 is 4.79 Å². The first-order valence-electron chi connectivity index (χ1n) is 10.6. The molecule has 0 radical (unpaired) electrons. The van der Waals surface area contributed by atoms with Crippen LogP contribution in [0.4, 0.5) is 0 Å². The third-order valence-corrected chi connectivity index (χ3v) is 5.68. The minimum absolute atomic E-state index is 0.130. The number of hydrogen-bond acceptors (Lipinski definition) is 4. The second kappa shape index (κ2) is 8.79. The van der Waals surface area contributed by atoms with Crippen LogP contribution < -0.4 is 10.9 Å². The van der Waals surface area contributed by atoms with Gasteiger partial charge in [-0.1, -0.05) is 42.5 Å². The van der Waals surface area contributed by atoms with Gasteiger partial charge in [-0.15, -0.1) is 0 Å². The summed E-state index contributed by atoms with van der Waals surface area (Å²) in [5.41, 5.74) is 2.47. The Kier molecular flexibility index (Phi) is 5.95. The van der Waals surface area contributed by atoms with Crippen molar-refractivity contribution in [2.45, 2.75) is 45.8 Å². The molecule has 4 rings (SSSR count). The highest BCUT2D eigenvalue weighted by Gasteiger charge is 2.18. The number of aromatic nitrogens is 2. The lowest BCUT2D eigenvalue weighted by molar-refractivity contribution is 0.0945. The highest BCUT2D eigenvalue weighted by atomic mass is 16.2. The number of carbonyl (C=O) groups is 1.